The summed E-state index contributed by atoms with van der Waals surface area (Å²) in [6, 6.07) is 10.7. The molecule has 2 aromatic carbocycles. The first kappa shape index (κ1) is 23.7. The quantitative estimate of drug-likeness (QED) is 0.647. The van der Waals surface area contributed by atoms with E-state index in [2.05, 4.69) is 0 Å². The van der Waals surface area contributed by atoms with Gasteiger partial charge in [-0.05, 0) is 43.0 Å². The van der Waals surface area contributed by atoms with Crippen LogP contribution in [0, 0.1) is 18.2 Å². The average molecular weight is 474 g/mol. The Bertz CT molecular complexity index is 1230. The number of alkyl halides is 3. The Balaban J connectivity index is 1.95. The molecule has 1 aliphatic heterocycles. The lowest BCUT2D eigenvalue weighted by molar-refractivity contribution is -0.186. The fraction of sp³-hybridized carbons (Fsp3) is 0.320. The van der Waals surface area contributed by atoms with Gasteiger partial charge >= 0.3 is 6.18 Å². The van der Waals surface area contributed by atoms with Gasteiger partial charge in [0.05, 0.1) is 11.1 Å². The number of benzene rings is 2. The Kier molecular flexibility index (Phi) is 5.42. The Morgan fingerprint density at radius 1 is 1.00 bits per heavy atom. The first-order chi connectivity index (χ1) is 15.8. The molecule has 2 aliphatic rings. The van der Waals surface area contributed by atoms with E-state index in [1.54, 1.807) is 38.2 Å². The standard InChI is InChI=1S/C25H22F4N2O3/c1-14-8-10-15(11-9-14)31-18-12-23(2,3)13-19(32)20(18)24(22(31)34,25(27,28)29)30-21(33)16-6-4-5-7-17(16)26/h4-11H,12-13H2,1-3H3,(H,30,33). The number of aryl methyl sites for hydroxylation is 1. The summed E-state index contributed by atoms with van der Waals surface area (Å²) < 4.78 is 58.6. The second-order valence-corrected chi connectivity index (χ2v) is 9.42. The van der Waals surface area contributed by atoms with Gasteiger partial charge in [0.25, 0.3) is 11.8 Å². The molecule has 178 valence electrons. The fourth-order valence-corrected chi connectivity index (χ4v) is 4.60. The molecule has 2 amide bonds. The third-order valence-electron chi connectivity index (χ3n) is 6.16. The number of rotatable bonds is 3. The number of Topliss-reactive ketones (excluding diaryl/α,β-unsaturated/α-hetero) is 1. The monoisotopic (exact) mass is 474 g/mol. The highest BCUT2D eigenvalue weighted by Crippen LogP contribution is 2.52. The molecule has 0 radical (unpaired) electrons. The largest absolute Gasteiger partial charge is 0.425 e. The molecule has 0 fully saturated rings. The fourth-order valence-electron chi connectivity index (χ4n) is 4.60. The van der Waals surface area contributed by atoms with Crippen molar-refractivity contribution in [2.45, 2.75) is 45.3 Å². The van der Waals surface area contributed by atoms with Crippen molar-refractivity contribution in [2.24, 2.45) is 5.41 Å². The van der Waals surface area contributed by atoms with Crippen LogP contribution in [0.2, 0.25) is 0 Å². The van der Waals surface area contributed by atoms with Gasteiger partial charge in [-0.1, -0.05) is 43.7 Å². The molecule has 1 atom stereocenters. The summed E-state index contributed by atoms with van der Waals surface area (Å²) in [4.78, 5) is 40.5. The molecule has 0 spiro atoms. The van der Waals surface area contributed by atoms with Crippen molar-refractivity contribution in [1.82, 2.24) is 5.32 Å². The van der Waals surface area contributed by atoms with E-state index in [9.17, 15) is 31.9 Å². The third-order valence-corrected chi connectivity index (χ3v) is 6.16. The van der Waals surface area contributed by atoms with Gasteiger partial charge < -0.3 is 5.32 Å². The van der Waals surface area contributed by atoms with E-state index in [0.717, 1.165) is 22.6 Å². The Morgan fingerprint density at radius 2 is 1.62 bits per heavy atom. The van der Waals surface area contributed by atoms with Crippen molar-refractivity contribution in [3.05, 3.63) is 76.7 Å². The molecule has 9 heteroatoms. The zero-order valence-electron chi connectivity index (χ0n) is 18.7. The first-order valence-corrected chi connectivity index (χ1v) is 10.6. The zero-order chi connectivity index (χ0) is 25.1. The minimum Gasteiger partial charge on any atom is -0.326 e. The van der Waals surface area contributed by atoms with E-state index in [4.69, 9.17) is 0 Å². The molecular formula is C25H22F4N2O3. The van der Waals surface area contributed by atoms with Crippen LogP contribution in [0.3, 0.4) is 0 Å². The molecule has 1 aliphatic carbocycles. The lowest BCUT2D eigenvalue weighted by atomic mass is 9.72. The number of allylic oxidation sites excluding steroid dienone is 1. The highest BCUT2D eigenvalue weighted by Gasteiger charge is 2.72. The molecular weight excluding hydrogens is 452 g/mol. The number of hydrogen-bond donors (Lipinski definition) is 1. The molecule has 0 aromatic heterocycles. The van der Waals surface area contributed by atoms with Gasteiger partial charge in [0.1, 0.15) is 5.82 Å². The summed E-state index contributed by atoms with van der Waals surface area (Å²) in [5, 5.41) is 1.73. The van der Waals surface area contributed by atoms with Crippen LogP contribution in [-0.2, 0) is 9.59 Å². The number of ketones is 1. The second kappa shape index (κ2) is 7.78. The van der Waals surface area contributed by atoms with Gasteiger partial charge in [0, 0.05) is 17.8 Å². The lowest BCUT2D eigenvalue weighted by Gasteiger charge is -2.35. The number of anilines is 1. The summed E-state index contributed by atoms with van der Waals surface area (Å²) in [6.07, 6.45) is -5.61. The van der Waals surface area contributed by atoms with Crippen LogP contribution in [0.4, 0.5) is 23.2 Å². The topological polar surface area (TPSA) is 66.5 Å². The zero-order valence-corrected chi connectivity index (χ0v) is 18.7. The number of halogens is 4. The van der Waals surface area contributed by atoms with Gasteiger partial charge in [0.15, 0.2) is 5.78 Å². The normalized spacial score (nSPS) is 22.1. The molecule has 0 saturated heterocycles. The molecule has 1 unspecified atom stereocenters. The maximum Gasteiger partial charge on any atom is 0.425 e. The van der Waals surface area contributed by atoms with E-state index in [1.165, 1.54) is 24.3 Å². The first-order valence-electron chi connectivity index (χ1n) is 10.6. The van der Waals surface area contributed by atoms with Crippen molar-refractivity contribution >= 4 is 23.3 Å². The van der Waals surface area contributed by atoms with E-state index >= 15 is 0 Å². The predicted molar refractivity (Wildman–Crippen MR) is 116 cm³/mol. The molecule has 2 aromatic rings. The molecule has 5 nitrogen and oxygen atoms in total. The number of nitrogens with zero attached hydrogens (tertiary/aromatic N) is 1. The molecule has 1 N–H and O–H groups in total. The summed E-state index contributed by atoms with van der Waals surface area (Å²) in [7, 11) is 0. The third kappa shape index (κ3) is 3.59. The Hall–Kier alpha value is -3.49. The van der Waals surface area contributed by atoms with Gasteiger partial charge in [-0.15, -0.1) is 0 Å². The van der Waals surface area contributed by atoms with Crippen LogP contribution in [0.1, 0.15) is 42.6 Å². The van der Waals surface area contributed by atoms with Gasteiger partial charge in [-0.2, -0.15) is 13.2 Å². The SMILES string of the molecule is Cc1ccc(N2C(=O)C(NC(=O)c3ccccc3F)(C(F)(F)F)C3=C2CC(C)(C)CC3=O)cc1. The second-order valence-electron chi connectivity index (χ2n) is 9.42. The van der Waals surface area contributed by atoms with E-state index < -0.39 is 51.7 Å². The maximum absolute atomic E-state index is 14.8. The number of hydrogen-bond acceptors (Lipinski definition) is 3. The highest BCUT2D eigenvalue weighted by molar-refractivity contribution is 6.21. The van der Waals surface area contributed by atoms with Crippen LogP contribution in [0.15, 0.2) is 59.8 Å². The molecule has 0 bridgehead atoms. The van der Waals surface area contributed by atoms with Gasteiger partial charge in [0.2, 0.25) is 5.54 Å². The Morgan fingerprint density at radius 3 is 2.21 bits per heavy atom. The number of carbonyl (C=O) groups excluding carboxylic acids is 3. The van der Waals surface area contributed by atoms with Crippen molar-refractivity contribution in [3.63, 3.8) is 0 Å². The maximum atomic E-state index is 14.8. The van der Waals surface area contributed by atoms with Crippen molar-refractivity contribution in [1.29, 1.82) is 0 Å². The van der Waals surface area contributed by atoms with Crippen molar-refractivity contribution in [3.8, 4) is 0 Å². The van der Waals surface area contributed by atoms with Crippen LogP contribution >= 0.6 is 0 Å². The highest BCUT2D eigenvalue weighted by atomic mass is 19.4. The van der Waals surface area contributed by atoms with Gasteiger partial charge in [-0.25, -0.2) is 4.39 Å². The average Bonchev–Trinajstić information content (AvgIpc) is 2.96. The van der Waals surface area contributed by atoms with E-state index in [0.29, 0.717) is 0 Å². The number of amides is 2. The molecule has 1 heterocycles. The minimum atomic E-state index is -5.37. The number of nitrogens with one attached hydrogen (secondary N) is 1. The minimum absolute atomic E-state index is 0.00108. The summed E-state index contributed by atoms with van der Waals surface area (Å²) in [5.41, 5.74) is -4.98. The molecule has 0 saturated carbocycles. The van der Waals surface area contributed by atoms with Crippen LogP contribution < -0.4 is 10.2 Å². The smallest absolute Gasteiger partial charge is 0.326 e. The van der Waals surface area contributed by atoms with Gasteiger partial charge in [-0.3, -0.25) is 19.3 Å². The molecule has 34 heavy (non-hydrogen) atoms. The van der Waals surface area contributed by atoms with Crippen LogP contribution in [0.5, 0.6) is 0 Å². The summed E-state index contributed by atoms with van der Waals surface area (Å²) >= 11 is 0. The lowest BCUT2D eigenvalue weighted by Crippen LogP contribution is -2.66. The van der Waals surface area contributed by atoms with Crippen molar-refractivity contribution in [2.75, 3.05) is 4.90 Å². The summed E-state index contributed by atoms with van der Waals surface area (Å²) in [6.45, 7) is 5.22. The Labute approximate surface area is 193 Å². The van der Waals surface area contributed by atoms with Crippen molar-refractivity contribution < 1.29 is 31.9 Å². The van der Waals surface area contributed by atoms with Crippen LogP contribution in [-0.4, -0.2) is 29.3 Å². The predicted octanol–water partition coefficient (Wildman–Crippen LogP) is 4.86. The van der Waals surface area contributed by atoms with E-state index in [-0.39, 0.29) is 24.2 Å². The van der Waals surface area contributed by atoms with E-state index in [1.807, 2.05) is 0 Å². The summed E-state index contributed by atoms with van der Waals surface area (Å²) in [5.74, 6) is -4.91. The number of carbonyl (C=O) groups is 3. The molecule has 4 rings (SSSR count). The van der Waals surface area contributed by atoms with Crippen LogP contribution in [0.25, 0.3) is 0 Å².